The first-order chi connectivity index (χ1) is 6.06. The number of nitrogens with zero attached hydrogens (tertiary/aromatic N) is 1. The summed E-state index contributed by atoms with van der Waals surface area (Å²) in [5.41, 5.74) is 0.482. The summed E-state index contributed by atoms with van der Waals surface area (Å²) in [6.07, 6.45) is 0. The van der Waals surface area contributed by atoms with Crippen LogP contribution in [0.5, 0.6) is 0 Å². The molecule has 0 aliphatic heterocycles. The Morgan fingerprint density at radius 1 is 1.69 bits per heavy atom. The van der Waals surface area contributed by atoms with Gasteiger partial charge in [-0.2, -0.15) is 0 Å². The van der Waals surface area contributed by atoms with Gasteiger partial charge in [-0.3, -0.25) is 10.1 Å². The van der Waals surface area contributed by atoms with Crippen LogP contribution in [0.4, 0.5) is 5.00 Å². The van der Waals surface area contributed by atoms with Gasteiger partial charge in [0, 0.05) is 5.56 Å². The van der Waals surface area contributed by atoms with Gasteiger partial charge in [0.1, 0.15) is 4.88 Å². The molecule has 1 heterocycles. The van der Waals surface area contributed by atoms with Crippen molar-refractivity contribution in [3.63, 3.8) is 0 Å². The first kappa shape index (κ1) is 9.66. The monoisotopic (exact) mass is 201 g/mol. The molecule has 1 aromatic rings. The number of carbonyl (C=O) groups excluding carboxylic acids is 1. The van der Waals surface area contributed by atoms with Crippen molar-refractivity contribution in [2.75, 3.05) is 7.11 Å². The van der Waals surface area contributed by atoms with Crippen molar-refractivity contribution < 1.29 is 14.5 Å². The van der Waals surface area contributed by atoms with Gasteiger partial charge in [-0.05, 0) is 13.0 Å². The van der Waals surface area contributed by atoms with Crippen molar-refractivity contribution in [3.8, 4) is 0 Å². The van der Waals surface area contributed by atoms with Crippen LogP contribution in [-0.4, -0.2) is 18.0 Å². The smallest absolute Gasteiger partial charge is 0.348 e. The summed E-state index contributed by atoms with van der Waals surface area (Å²) >= 11 is 0.827. The highest BCUT2D eigenvalue weighted by Crippen LogP contribution is 2.29. The molecule has 0 radical (unpaired) electrons. The molecule has 0 atom stereocenters. The van der Waals surface area contributed by atoms with Gasteiger partial charge in [0.15, 0.2) is 0 Å². The van der Waals surface area contributed by atoms with Gasteiger partial charge in [-0.15, -0.1) is 0 Å². The van der Waals surface area contributed by atoms with Crippen molar-refractivity contribution in [3.05, 3.63) is 26.6 Å². The van der Waals surface area contributed by atoms with Gasteiger partial charge in [0.05, 0.1) is 12.0 Å². The third-order valence-corrected chi connectivity index (χ3v) is 2.61. The molecular weight excluding hydrogens is 194 g/mol. The summed E-state index contributed by atoms with van der Waals surface area (Å²) in [5, 5.41) is 10.4. The van der Waals surface area contributed by atoms with E-state index in [0.29, 0.717) is 5.56 Å². The molecule has 0 aromatic carbocycles. The molecule has 0 spiro atoms. The number of ether oxygens (including phenoxy) is 1. The zero-order valence-electron chi connectivity index (χ0n) is 7.07. The largest absolute Gasteiger partial charge is 0.465 e. The normalized spacial score (nSPS) is 9.69. The number of rotatable bonds is 2. The number of hydrogen-bond donors (Lipinski definition) is 0. The summed E-state index contributed by atoms with van der Waals surface area (Å²) < 4.78 is 4.43. The Labute approximate surface area is 78.1 Å². The molecule has 0 N–H and O–H groups in total. The topological polar surface area (TPSA) is 69.4 Å². The van der Waals surface area contributed by atoms with Crippen molar-refractivity contribution in [2.24, 2.45) is 0 Å². The van der Waals surface area contributed by atoms with Crippen LogP contribution in [0.3, 0.4) is 0 Å². The van der Waals surface area contributed by atoms with Crippen molar-refractivity contribution >= 4 is 22.3 Å². The van der Waals surface area contributed by atoms with Crippen molar-refractivity contribution in [2.45, 2.75) is 6.92 Å². The summed E-state index contributed by atoms with van der Waals surface area (Å²) in [6, 6.07) is 1.45. The van der Waals surface area contributed by atoms with Crippen LogP contribution in [0.15, 0.2) is 6.07 Å². The molecule has 5 nitrogen and oxygen atoms in total. The zero-order valence-corrected chi connectivity index (χ0v) is 7.88. The van der Waals surface area contributed by atoms with Crippen LogP contribution in [0.1, 0.15) is 15.2 Å². The van der Waals surface area contributed by atoms with E-state index in [4.69, 9.17) is 0 Å². The fourth-order valence-electron chi connectivity index (χ4n) is 0.855. The van der Waals surface area contributed by atoms with Gasteiger partial charge in [0.25, 0.3) is 0 Å². The van der Waals surface area contributed by atoms with Crippen LogP contribution in [0.2, 0.25) is 0 Å². The van der Waals surface area contributed by atoms with Gasteiger partial charge in [-0.25, -0.2) is 4.79 Å². The molecule has 0 aliphatic carbocycles. The van der Waals surface area contributed by atoms with E-state index in [1.165, 1.54) is 13.2 Å². The fourth-order valence-corrected chi connectivity index (χ4v) is 1.76. The molecule has 1 rings (SSSR count). The van der Waals surface area contributed by atoms with Crippen molar-refractivity contribution in [1.29, 1.82) is 0 Å². The van der Waals surface area contributed by atoms with Crippen LogP contribution in [0.25, 0.3) is 0 Å². The second kappa shape index (κ2) is 3.53. The molecule has 0 saturated carbocycles. The highest BCUT2D eigenvalue weighted by atomic mass is 32.1. The van der Waals surface area contributed by atoms with Gasteiger partial charge in [0.2, 0.25) is 0 Å². The summed E-state index contributed by atoms with van der Waals surface area (Å²) in [4.78, 5) is 21.1. The maximum absolute atomic E-state index is 11.0. The van der Waals surface area contributed by atoms with E-state index >= 15 is 0 Å². The first-order valence-electron chi connectivity index (χ1n) is 3.39. The standard InChI is InChI=1S/C7H7NO4S/c1-4-3-5(7(9)12-2)13-6(4)8(10)11/h3H,1-2H3. The Hall–Kier alpha value is -1.43. The lowest BCUT2D eigenvalue weighted by atomic mass is 10.3. The summed E-state index contributed by atoms with van der Waals surface area (Å²) in [5.74, 6) is -0.541. The number of hydrogen-bond acceptors (Lipinski definition) is 5. The molecular formula is C7H7NO4S. The molecule has 1 aromatic heterocycles. The minimum atomic E-state index is -0.541. The van der Waals surface area contributed by atoms with Crippen LogP contribution < -0.4 is 0 Å². The average Bonchev–Trinajstić information content (AvgIpc) is 2.46. The number of esters is 1. The Morgan fingerprint density at radius 2 is 2.31 bits per heavy atom. The molecule has 0 aliphatic rings. The number of methoxy groups -OCH3 is 1. The quantitative estimate of drug-likeness (QED) is 0.415. The number of thiophene rings is 1. The first-order valence-corrected chi connectivity index (χ1v) is 4.21. The molecule has 0 fully saturated rings. The van der Waals surface area contributed by atoms with E-state index in [1.54, 1.807) is 6.92 Å². The summed E-state index contributed by atoms with van der Waals surface area (Å²) in [6.45, 7) is 1.58. The molecule has 0 saturated heterocycles. The van der Waals surface area contributed by atoms with E-state index in [-0.39, 0.29) is 9.88 Å². The fraction of sp³-hybridized carbons (Fsp3) is 0.286. The minimum absolute atomic E-state index is 0.0135. The Kier molecular flexibility index (Phi) is 2.62. The molecule has 0 amide bonds. The number of nitro groups is 1. The number of carbonyl (C=O) groups is 1. The third-order valence-electron chi connectivity index (χ3n) is 1.44. The van der Waals surface area contributed by atoms with E-state index in [0.717, 1.165) is 11.3 Å². The van der Waals surface area contributed by atoms with E-state index in [9.17, 15) is 14.9 Å². The lowest BCUT2D eigenvalue weighted by Crippen LogP contribution is -1.96. The van der Waals surface area contributed by atoms with E-state index < -0.39 is 10.9 Å². The van der Waals surface area contributed by atoms with Crippen LogP contribution in [-0.2, 0) is 4.74 Å². The molecule has 0 bridgehead atoms. The van der Waals surface area contributed by atoms with Gasteiger partial charge in [-0.1, -0.05) is 11.3 Å². The SMILES string of the molecule is COC(=O)c1cc(C)c([N+](=O)[O-])s1. The van der Waals surface area contributed by atoms with Gasteiger partial charge < -0.3 is 4.74 Å². The number of aryl methyl sites for hydroxylation is 1. The average molecular weight is 201 g/mol. The maximum Gasteiger partial charge on any atom is 0.348 e. The Bertz CT molecular complexity index is 357. The molecule has 70 valence electrons. The summed E-state index contributed by atoms with van der Waals surface area (Å²) in [7, 11) is 1.24. The Balaban J connectivity index is 3.09. The lowest BCUT2D eigenvalue weighted by molar-refractivity contribution is -0.380. The maximum atomic E-state index is 11.0. The molecule has 6 heteroatoms. The van der Waals surface area contributed by atoms with Crippen molar-refractivity contribution in [1.82, 2.24) is 0 Å². The van der Waals surface area contributed by atoms with Crippen LogP contribution >= 0.6 is 11.3 Å². The third kappa shape index (κ3) is 1.83. The minimum Gasteiger partial charge on any atom is -0.465 e. The second-order valence-electron chi connectivity index (χ2n) is 2.35. The van der Waals surface area contributed by atoms with E-state index in [1.807, 2.05) is 0 Å². The van der Waals surface area contributed by atoms with E-state index in [2.05, 4.69) is 4.74 Å². The predicted octanol–water partition coefficient (Wildman–Crippen LogP) is 1.75. The second-order valence-corrected chi connectivity index (χ2v) is 3.38. The zero-order chi connectivity index (χ0) is 10.0. The molecule has 0 unspecified atom stereocenters. The van der Waals surface area contributed by atoms with Crippen LogP contribution in [0, 0.1) is 17.0 Å². The predicted molar refractivity (Wildman–Crippen MR) is 47.0 cm³/mol. The molecule has 13 heavy (non-hydrogen) atoms. The lowest BCUT2D eigenvalue weighted by Gasteiger charge is -1.90. The highest BCUT2D eigenvalue weighted by Gasteiger charge is 2.19. The Morgan fingerprint density at radius 3 is 2.69 bits per heavy atom. The highest BCUT2D eigenvalue weighted by molar-refractivity contribution is 7.17. The van der Waals surface area contributed by atoms with Gasteiger partial charge >= 0.3 is 11.0 Å².